The first-order chi connectivity index (χ1) is 20.7. The van der Waals surface area contributed by atoms with Crippen LogP contribution in [0.1, 0.15) is 47.7 Å². The van der Waals surface area contributed by atoms with E-state index in [1.54, 1.807) is 0 Å². The lowest BCUT2D eigenvalue weighted by molar-refractivity contribution is -0.134. The number of carbonyl (C=O) groups is 3. The van der Waals surface area contributed by atoms with Crippen molar-refractivity contribution in [2.75, 3.05) is 20.2 Å². The van der Waals surface area contributed by atoms with Gasteiger partial charge in [-0.2, -0.15) is 0 Å². The van der Waals surface area contributed by atoms with Gasteiger partial charge in [-0.15, -0.1) is 0 Å². The highest BCUT2D eigenvalue weighted by Gasteiger charge is 2.30. The van der Waals surface area contributed by atoms with Crippen LogP contribution in [0.5, 0.6) is 17.2 Å². The molecule has 0 aromatic heterocycles. The summed E-state index contributed by atoms with van der Waals surface area (Å²) in [6.45, 7) is 4.12. The van der Waals surface area contributed by atoms with E-state index in [0.29, 0.717) is 18.2 Å². The second kappa shape index (κ2) is 16.9. The Morgan fingerprint density at radius 3 is 1.89 bits per heavy atom. The first-order valence-electron chi connectivity index (χ1n) is 13.5. The molecule has 6 N–H and O–H groups in total. The van der Waals surface area contributed by atoms with Gasteiger partial charge in [-0.1, -0.05) is 54.1 Å². The minimum Gasteiger partial charge on any atom is -0.504 e. The molecule has 0 aliphatic carbocycles. The van der Waals surface area contributed by atoms with Gasteiger partial charge in [-0.05, 0) is 75.2 Å². The zero-order valence-corrected chi connectivity index (χ0v) is 25.0. The Morgan fingerprint density at radius 2 is 1.43 bits per heavy atom. The third-order valence-corrected chi connectivity index (χ3v) is 7.17. The maximum atomic E-state index is 10.3. The van der Waals surface area contributed by atoms with E-state index in [4.69, 9.17) is 47.0 Å². The number of likely N-dealkylation sites (tertiary alicyclic amines) is 1. The van der Waals surface area contributed by atoms with Crippen LogP contribution in [0, 0.1) is 0 Å². The first kappa shape index (κ1) is 35.6. The van der Waals surface area contributed by atoms with Gasteiger partial charge in [0.05, 0.1) is 5.56 Å². The van der Waals surface area contributed by atoms with E-state index in [1.165, 1.54) is 24.9 Å². The first-order valence-corrected chi connectivity index (χ1v) is 13.9. The van der Waals surface area contributed by atoms with Gasteiger partial charge < -0.3 is 40.3 Å². The van der Waals surface area contributed by atoms with E-state index in [-0.39, 0.29) is 5.56 Å². The Labute approximate surface area is 259 Å². The van der Waals surface area contributed by atoms with Gasteiger partial charge in [-0.3, -0.25) is 0 Å². The molecule has 2 unspecified atom stereocenters. The van der Waals surface area contributed by atoms with Crippen molar-refractivity contribution in [1.82, 2.24) is 4.90 Å². The molecule has 2 atom stereocenters. The fraction of sp³-hybridized carbons (Fsp3) is 0.281. The van der Waals surface area contributed by atoms with Crippen molar-refractivity contribution in [3.8, 4) is 17.2 Å². The van der Waals surface area contributed by atoms with Crippen LogP contribution in [0.4, 0.5) is 0 Å². The summed E-state index contributed by atoms with van der Waals surface area (Å²) in [5.74, 6) is -5.85. The fourth-order valence-corrected chi connectivity index (χ4v) is 4.60. The molecule has 0 bridgehead atoms. The van der Waals surface area contributed by atoms with Crippen LogP contribution in [0.15, 0.2) is 78.9 Å². The SMILES string of the molecule is CN1CCCC1CCOC(C)(c1ccccc1)c1ccc(Cl)cc1.O=C(O)C=CC(=O)O.O=C(O)c1cc(O)c(O)c(O)c1. The molecule has 3 aromatic carbocycles. The minimum atomic E-state index is -1.29. The summed E-state index contributed by atoms with van der Waals surface area (Å²) in [4.78, 5) is 31.9. The Morgan fingerprint density at radius 1 is 0.909 bits per heavy atom. The Bertz CT molecular complexity index is 1390. The number of phenols is 3. The quantitative estimate of drug-likeness (QED) is 0.133. The number of aromatic hydroxyl groups is 3. The van der Waals surface area contributed by atoms with E-state index in [0.717, 1.165) is 35.7 Å². The van der Waals surface area contributed by atoms with Crippen LogP contribution in [0.3, 0.4) is 0 Å². The summed E-state index contributed by atoms with van der Waals surface area (Å²) < 4.78 is 6.48. The number of halogens is 1. The number of nitrogens with zero attached hydrogens (tertiary/aromatic N) is 1. The number of carboxylic acids is 3. The average Bonchev–Trinajstić information content (AvgIpc) is 3.40. The van der Waals surface area contributed by atoms with Crippen LogP contribution >= 0.6 is 11.6 Å². The number of hydrogen-bond acceptors (Lipinski definition) is 8. The van der Waals surface area contributed by atoms with Crippen molar-refractivity contribution in [1.29, 1.82) is 0 Å². The molecular weight excluding hydrogens is 594 g/mol. The number of hydrogen-bond donors (Lipinski definition) is 6. The number of rotatable bonds is 9. The number of aliphatic carboxylic acids is 2. The average molecular weight is 630 g/mol. The van der Waals surface area contributed by atoms with Gasteiger partial charge in [0, 0.05) is 29.8 Å². The van der Waals surface area contributed by atoms with Crippen molar-refractivity contribution in [3.63, 3.8) is 0 Å². The Hall–Kier alpha value is -4.58. The molecule has 4 rings (SSSR count). The summed E-state index contributed by atoms with van der Waals surface area (Å²) in [7, 11) is 2.22. The second-order valence-electron chi connectivity index (χ2n) is 10.00. The lowest BCUT2D eigenvalue weighted by atomic mass is 9.88. The van der Waals surface area contributed by atoms with Crippen LogP contribution in [-0.4, -0.2) is 79.7 Å². The lowest BCUT2D eigenvalue weighted by Crippen LogP contribution is -2.31. The molecule has 0 spiro atoms. The van der Waals surface area contributed by atoms with Crippen molar-refractivity contribution in [2.45, 2.75) is 37.8 Å². The largest absolute Gasteiger partial charge is 0.504 e. The van der Waals surface area contributed by atoms with Crippen LogP contribution in [0.25, 0.3) is 0 Å². The van der Waals surface area contributed by atoms with Gasteiger partial charge in [0.1, 0.15) is 5.60 Å². The van der Waals surface area contributed by atoms with E-state index in [2.05, 4.69) is 55.3 Å². The summed E-state index contributed by atoms with van der Waals surface area (Å²) in [6.07, 6.45) is 4.77. The van der Waals surface area contributed by atoms with Crippen LogP contribution in [-0.2, 0) is 19.9 Å². The van der Waals surface area contributed by atoms with Crippen molar-refractivity contribution in [2.24, 2.45) is 0 Å². The lowest BCUT2D eigenvalue weighted by Gasteiger charge is -2.32. The molecule has 1 fully saturated rings. The molecule has 0 saturated carbocycles. The fourth-order valence-electron chi connectivity index (χ4n) is 4.47. The molecule has 236 valence electrons. The molecule has 0 amide bonds. The number of benzene rings is 3. The van der Waals surface area contributed by atoms with Gasteiger partial charge in [0.15, 0.2) is 17.2 Å². The molecule has 12 heteroatoms. The second-order valence-corrected chi connectivity index (χ2v) is 10.4. The number of ether oxygens (including phenoxy) is 1. The summed E-state index contributed by atoms with van der Waals surface area (Å²) in [6, 6.07) is 20.8. The molecule has 0 radical (unpaired) electrons. The van der Waals surface area contributed by atoms with E-state index < -0.39 is 40.8 Å². The highest BCUT2D eigenvalue weighted by Crippen LogP contribution is 2.36. The molecule has 1 aliphatic rings. The zero-order valence-electron chi connectivity index (χ0n) is 24.3. The Kier molecular flexibility index (Phi) is 13.7. The van der Waals surface area contributed by atoms with Crippen LogP contribution in [0.2, 0.25) is 5.02 Å². The molecule has 1 heterocycles. The maximum absolute atomic E-state index is 10.3. The van der Waals surface area contributed by atoms with Crippen molar-refractivity contribution >= 4 is 29.5 Å². The molecule has 1 saturated heterocycles. The summed E-state index contributed by atoms with van der Waals surface area (Å²) in [5.41, 5.74) is 1.57. The Balaban J connectivity index is 0.000000280. The van der Waals surface area contributed by atoms with Gasteiger partial charge in [-0.25, -0.2) is 14.4 Å². The standard InChI is InChI=1S/C21H26ClNO.C7H6O5.C4H4O4/c1-21(17-7-4-3-5-8-17,18-10-12-19(22)13-11-18)24-16-14-20-9-6-15-23(20)2;8-4-1-3(7(11)12)2-5(9)6(4)10;5-3(6)1-2-4(7)8/h3-5,7-8,10-13,20H,6,9,14-16H2,1-2H3;1-2,8-10H,(H,11,12);1-2H,(H,5,6)(H,7,8). The predicted octanol–water partition coefficient (Wildman–Crippen LogP) is 5.32. The van der Waals surface area contributed by atoms with E-state index in [9.17, 15) is 14.4 Å². The summed E-state index contributed by atoms with van der Waals surface area (Å²) in [5, 5.41) is 51.3. The maximum Gasteiger partial charge on any atom is 0.335 e. The minimum absolute atomic E-state index is 0.289. The number of aromatic carboxylic acids is 1. The van der Waals surface area contributed by atoms with Crippen molar-refractivity contribution < 1.29 is 49.8 Å². The topological polar surface area (TPSA) is 185 Å². The molecule has 11 nitrogen and oxygen atoms in total. The highest BCUT2D eigenvalue weighted by molar-refractivity contribution is 6.30. The number of phenolic OH excluding ortho intramolecular Hbond substituents is 3. The monoisotopic (exact) mass is 629 g/mol. The highest BCUT2D eigenvalue weighted by atomic mass is 35.5. The molecular formula is C32H36ClNO10. The van der Waals surface area contributed by atoms with Crippen molar-refractivity contribution in [3.05, 3.63) is 101 Å². The third kappa shape index (κ3) is 10.9. The number of carboxylic acid groups (broad SMARTS) is 3. The van der Waals surface area contributed by atoms with Gasteiger partial charge >= 0.3 is 17.9 Å². The van der Waals surface area contributed by atoms with E-state index >= 15 is 0 Å². The van der Waals surface area contributed by atoms with Gasteiger partial charge in [0.2, 0.25) is 0 Å². The summed E-state index contributed by atoms with van der Waals surface area (Å²) >= 11 is 6.07. The smallest absolute Gasteiger partial charge is 0.335 e. The molecule has 1 aliphatic heterocycles. The van der Waals surface area contributed by atoms with E-state index in [1.807, 2.05) is 18.2 Å². The normalized spacial score (nSPS) is 15.8. The third-order valence-electron chi connectivity index (χ3n) is 6.92. The van der Waals surface area contributed by atoms with Gasteiger partial charge in [0.25, 0.3) is 0 Å². The zero-order chi connectivity index (χ0) is 32.9. The molecule has 44 heavy (non-hydrogen) atoms. The van der Waals surface area contributed by atoms with Crippen LogP contribution < -0.4 is 0 Å². The molecule has 3 aromatic rings. The predicted molar refractivity (Wildman–Crippen MR) is 163 cm³/mol.